The number of aromatic carboxylic acids is 1. The summed E-state index contributed by atoms with van der Waals surface area (Å²) in [7, 11) is 0. The number of carboxylic acids is 1. The molecule has 0 saturated carbocycles. The van der Waals surface area contributed by atoms with Crippen LogP contribution >= 0.6 is 0 Å². The molecule has 2 aromatic rings. The smallest absolute Gasteiger partial charge is 0.335 e. The van der Waals surface area contributed by atoms with Crippen molar-refractivity contribution in [1.29, 1.82) is 0 Å². The van der Waals surface area contributed by atoms with Gasteiger partial charge in [-0.05, 0) is 36.6 Å². The van der Waals surface area contributed by atoms with E-state index < -0.39 is 12.0 Å². The van der Waals surface area contributed by atoms with Crippen LogP contribution in [0.2, 0.25) is 0 Å². The number of carboxylic acid groups (broad SMARTS) is 1. The molecule has 6 heteroatoms. The van der Waals surface area contributed by atoms with Gasteiger partial charge in [0.05, 0.1) is 5.56 Å². The lowest BCUT2D eigenvalue weighted by Gasteiger charge is -2.24. The molecule has 0 aliphatic rings. The molecule has 0 spiro atoms. The zero-order valence-corrected chi connectivity index (χ0v) is 14.5. The summed E-state index contributed by atoms with van der Waals surface area (Å²) in [6, 6.07) is 10.6. The average Bonchev–Trinajstić information content (AvgIpc) is 2.56. The van der Waals surface area contributed by atoms with E-state index >= 15 is 0 Å². The number of pyridine rings is 1. The van der Waals surface area contributed by atoms with Gasteiger partial charge in [-0.3, -0.25) is 9.59 Å². The predicted molar refractivity (Wildman–Crippen MR) is 94.6 cm³/mol. The van der Waals surface area contributed by atoms with E-state index in [2.05, 4.69) is 5.32 Å². The number of carbonyl (C=O) groups excluding carboxylic acids is 1. The Hall–Kier alpha value is -2.89. The fourth-order valence-corrected chi connectivity index (χ4v) is 2.74. The molecule has 1 heterocycles. The third-order valence-corrected chi connectivity index (χ3v) is 4.04. The molecule has 1 amide bonds. The van der Waals surface area contributed by atoms with Crippen LogP contribution in [-0.2, 0) is 11.3 Å². The number of amides is 1. The molecule has 0 fully saturated rings. The molecule has 0 aliphatic heterocycles. The maximum absolute atomic E-state index is 12.7. The first-order valence-electron chi connectivity index (χ1n) is 8.09. The summed E-state index contributed by atoms with van der Waals surface area (Å²) in [5.74, 6) is -1.30. The first kappa shape index (κ1) is 18.4. The second-order valence-corrected chi connectivity index (χ2v) is 6.28. The Morgan fingerprint density at radius 2 is 1.76 bits per heavy atom. The van der Waals surface area contributed by atoms with Gasteiger partial charge in [0.25, 0.3) is 5.56 Å². The van der Waals surface area contributed by atoms with Gasteiger partial charge >= 0.3 is 5.97 Å². The molecule has 2 N–H and O–H groups in total. The SMILES string of the molecule is Cc1cccc(=O)n1C(C(=O)NCc1ccc(C(=O)O)cc1)C(C)C. The van der Waals surface area contributed by atoms with Crippen molar-refractivity contribution in [3.63, 3.8) is 0 Å². The van der Waals surface area contributed by atoms with Crippen LogP contribution in [-0.4, -0.2) is 21.6 Å². The molecule has 132 valence electrons. The summed E-state index contributed by atoms with van der Waals surface area (Å²) >= 11 is 0. The quantitative estimate of drug-likeness (QED) is 0.843. The second-order valence-electron chi connectivity index (χ2n) is 6.28. The van der Waals surface area contributed by atoms with Gasteiger partial charge in [0.1, 0.15) is 6.04 Å². The van der Waals surface area contributed by atoms with Crippen LogP contribution < -0.4 is 10.9 Å². The molecule has 1 atom stereocenters. The number of aryl methyl sites for hydroxylation is 1. The van der Waals surface area contributed by atoms with Crippen molar-refractivity contribution in [1.82, 2.24) is 9.88 Å². The summed E-state index contributed by atoms with van der Waals surface area (Å²) < 4.78 is 1.51. The van der Waals surface area contributed by atoms with Crippen LogP contribution in [0, 0.1) is 12.8 Å². The van der Waals surface area contributed by atoms with E-state index in [1.54, 1.807) is 31.2 Å². The van der Waals surface area contributed by atoms with Gasteiger partial charge in [-0.15, -0.1) is 0 Å². The molecular formula is C19H22N2O4. The molecule has 0 aliphatic carbocycles. The molecule has 1 aromatic heterocycles. The molecule has 1 unspecified atom stereocenters. The van der Waals surface area contributed by atoms with Crippen LogP contribution in [0.1, 0.15) is 41.5 Å². The summed E-state index contributed by atoms with van der Waals surface area (Å²) in [5.41, 5.74) is 1.51. The first-order chi connectivity index (χ1) is 11.8. The van der Waals surface area contributed by atoms with E-state index in [9.17, 15) is 14.4 Å². The van der Waals surface area contributed by atoms with Crippen molar-refractivity contribution < 1.29 is 14.7 Å². The summed E-state index contributed by atoms with van der Waals surface area (Å²) in [4.78, 5) is 35.7. The molecule has 0 radical (unpaired) electrons. The number of benzene rings is 1. The van der Waals surface area contributed by atoms with Crippen LogP contribution in [0.15, 0.2) is 47.3 Å². The summed E-state index contributed by atoms with van der Waals surface area (Å²) in [6.07, 6.45) is 0. The number of hydrogen-bond acceptors (Lipinski definition) is 3. The largest absolute Gasteiger partial charge is 0.478 e. The Morgan fingerprint density at radius 1 is 1.12 bits per heavy atom. The molecule has 0 saturated heterocycles. The number of nitrogens with zero attached hydrogens (tertiary/aromatic N) is 1. The van der Waals surface area contributed by atoms with Crippen molar-refractivity contribution >= 4 is 11.9 Å². The van der Waals surface area contributed by atoms with Crippen LogP contribution in [0.5, 0.6) is 0 Å². The van der Waals surface area contributed by atoms with Crippen LogP contribution in [0.3, 0.4) is 0 Å². The average molecular weight is 342 g/mol. The molecule has 0 bridgehead atoms. The van der Waals surface area contributed by atoms with E-state index in [4.69, 9.17) is 5.11 Å². The van der Waals surface area contributed by atoms with Gasteiger partial charge < -0.3 is 15.0 Å². The highest BCUT2D eigenvalue weighted by molar-refractivity contribution is 5.87. The summed E-state index contributed by atoms with van der Waals surface area (Å²) in [5, 5.41) is 11.7. The van der Waals surface area contributed by atoms with Gasteiger partial charge in [0.15, 0.2) is 0 Å². The fourth-order valence-electron chi connectivity index (χ4n) is 2.74. The Balaban J connectivity index is 2.16. The van der Waals surface area contributed by atoms with Crippen molar-refractivity contribution in [2.75, 3.05) is 0 Å². The second kappa shape index (κ2) is 7.79. The van der Waals surface area contributed by atoms with Gasteiger partial charge in [0, 0.05) is 18.3 Å². The normalized spacial score (nSPS) is 12.0. The zero-order valence-electron chi connectivity index (χ0n) is 14.5. The lowest BCUT2D eigenvalue weighted by atomic mass is 10.0. The molecule has 25 heavy (non-hydrogen) atoms. The maximum atomic E-state index is 12.7. The highest BCUT2D eigenvalue weighted by atomic mass is 16.4. The Morgan fingerprint density at radius 3 is 2.28 bits per heavy atom. The zero-order chi connectivity index (χ0) is 18.6. The van der Waals surface area contributed by atoms with Crippen molar-refractivity contribution in [3.8, 4) is 0 Å². The lowest BCUT2D eigenvalue weighted by Crippen LogP contribution is -2.40. The van der Waals surface area contributed by atoms with E-state index in [1.807, 2.05) is 13.8 Å². The van der Waals surface area contributed by atoms with Crippen LogP contribution in [0.25, 0.3) is 0 Å². The monoisotopic (exact) mass is 342 g/mol. The minimum atomic E-state index is -0.991. The third-order valence-electron chi connectivity index (χ3n) is 4.04. The fraction of sp³-hybridized carbons (Fsp3) is 0.316. The number of rotatable bonds is 6. The number of nitrogens with one attached hydrogen (secondary N) is 1. The van der Waals surface area contributed by atoms with Crippen molar-refractivity contribution in [2.45, 2.75) is 33.4 Å². The Bertz CT molecular complexity index is 822. The Kier molecular flexibility index (Phi) is 5.75. The van der Waals surface area contributed by atoms with Gasteiger partial charge in [-0.1, -0.05) is 32.0 Å². The molecular weight excluding hydrogens is 320 g/mol. The highest BCUT2D eigenvalue weighted by Crippen LogP contribution is 2.18. The van der Waals surface area contributed by atoms with Crippen molar-refractivity contribution in [2.24, 2.45) is 5.92 Å². The minimum Gasteiger partial charge on any atom is -0.478 e. The third kappa shape index (κ3) is 4.35. The maximum Gasteiger partial charge on any atom is 0.335 e. The van der Waals surface area contributed by atoms with Crippen LogP contribution in [0.4, 0.5) is 0 Å². The van der Waals surface area contributed by atoms with Gasteiger partial charge in [0.2, 0.25) is 5.91 Å². The van der Waals surface area contributed by atoms with Gasteiger partial charge in [-0.25, -0.2) is 4.79 Å². The summed E-state index contributed by atoms with van der Waals surface area (Å²) in [6.45, 7) is 5.85. The molecule has 6 nitrogen and oxygen atoms in total. The topological polar surface area (TPSA) is 88.4 Å². The Labute approximate surface area is 146 Å². The predicted octanol–water partition coefficient (Wildman–Crippen LogP) is 2.37. The standard InChI is InChI=1S/C19H22N2O4/c1-12(2)17(21-13(3)5-4-6-16(21)22)18(23)20-11-14-7-9-15(10-8-14)19(24)25/h4-10,12,17H,11H2,1-3H3,(H,20,23)(H,24,25). The lowest BCUT2D eigenvalue weighted by molar-refractivity contribution is -0.125. The van der Waals surface area contributed by atoms with Gasteiger partial charge in [-0.2, -0.15) is 0 Å². The minimum absolute atomic E-state index is 0.0619. The van der Waals surface area contributed by atoms with E-state index in [0.717, 1.165) is 11.3 Å². The van der Waals surface area contributed by atoms with E-state index in [1.165, 1.54) is 22.8 Å². The highest BCUT2D eigenvalue weighted by Gasteiger charge is 2.25. The first-order valence-corrected chi connectivity index (χ1v) is 8.09. The number of aromatic nitrogens is 1. The van der Waals surface area contributed by atoms with Crippen molar-refractivity contribution in [3.05, 3.63) is 69.6 Å². The van der Waals surface area contributed by atoms with E-state index in [0.29, 0.717) is 0 Å². The van der Waals surface area contributed by atoms with E-state index in [-0.39, 0.29) is 29.5 Å². The number of hydrogen-bond donors (Lipinski definition) is 2. The molecule has 2 rings (SSSR count). The molecule has 1 aromatic carbocycles. The number of carbonyl (C=O) groups is 2.